The summed E-state index contributed by atoms with van der Waals surface area (Å²) >= 11 is 0. The first-order valence-corrected chi connectivity index (χ1v) is 5.58. The lowest BCUT2D eigenvalue weighted by Gasteiger charge is -2.21. The summed E-state index contributed by atoms with van der Waals surface area (Å²) in [5.41, 5.74) is 0.237. The molecule has 4 nitrogen and oxygen atoms in total. The van der Waals surface area contributed by atoms with E-state index in [0.29, 0.717) is 6.42 Å². The average molecular weight is 240 g/mol. The second kappa shape index (κ2) is 6.30. The highest BCUT2D eigenvalue weighted by atomic mass is 19.1. The molecule has 1 amide bonds. The fraction of sp³-hybridized carbons (Fsp3) is 0.500. The van der Waals surface area contributed by atoms with Crippen molar-refractivity contribution < 1.29 is 14.3 Å². The van der Waals surface area contributed by atoms with Gasteiger partial charge in [0, 0.05) is 30.5 Å². The van der Waals surface area contributed by atoms with Crippen LogP contribution in [0.15, 0.2) is 18.3 Å². The number of halogens is 1. The van der Waals surface area contributed by atoms with E-state index in [1.165, 1.54) is 12.3 Å². The van der Waals surface area contributed by atoms with Crippen molar-refractivity contribution >= 4 is 5.91 Å². The molecule has 1 aromatic rings. The minimum atomic E-state index is -0.680. The molecule has 0 aliphatic carbocycles. The number of aliphatic hydroxyl groups is 1. The minimum absolute atomic E-state index is 0.00777. The van der Waals surface area contributed by atoms with Crippen molar-refractivity contribution in [3.63, 3.8) is 0 Å². The first-order chi connectivity index (χ1) is 8.04. The first kappa shape index (κ1) is 13.6. The van der Waals surface area contributed by atoms with Crippen LogP contribution in [-0.2, 0) is 0 Å². The summed E-state index contributed by atoms with van der Waals surface area (Å²) in [5.74, 6) is -0.822. The van der Waals surface area contributed by atoms with Gasteiger partial charge in [0.05, 0.1) is 0 Å². The Kier molecular flexibility index (Phi) is 5.03. The summed E-state index contributed by atoms with van der Waals surface area (Å²) in [6, 6.07) is 2.42. The van der Waals surface area contributed by atoms with Crippen molar-refractivity contribution in [1.82, 2.24) is 10.3 Å². The molecule has 17 heavy (non-hydrogen) atoms. The summed E-state index contributed by atoms with van der Waals surface area (Å²) in [5, 5.41) is 11.7. The van der Waals surface area contributed by atoms with Gasteiger partial charge in [0.25, 0.3) is 5.91 Å². The highest BCUT2D eigenvalue weighted by Crippen LogP contribution is 2.08. The number of hydrogen-bond acceptors (Lipinski definition) is 3. The number of carbonyl (C=O) groups is 1. The number of aliphatic hydroxyl groups excluding tert-OH is 1. The van der Waals surface area contributed by atoms with Crippen LogP contribution in [0.3, 0.4) is 0 Å². The Hall–Kier alpha value is -1.49. The van der Waals surface area contributed by atoms with Crippen LogP contribution in [0.5, 0.6) is 0 Å². The van der Waals surface area contributed by atoms with Crippen LogP contribution in [0.25, 0.3) is 0 Å². The normalized spacial score (nSPS) is 12.5. The number of nitrogens with one attached hydrogen (secondary N) is 1. The molecule has 0 radical (unpaired) electrons. The summed E-state index contributed by atoms with van der Waals surface area (Å²) in [4.78, 5) is 15.2. The quantitative estimate of drug-likeness (QED) is 0.764. The van der Waals surface area contributed by atoms with Gasteiger partial charge in [0.15, 0.2) is 0 Å². The topological polar surface area (TPSA) is 62.2 Å². The zero-order valence-electron chi connectivity index (χ0n) is 9.98. The molecule has 0 aromatic carbocycles. The van der Waals surface area contributed by atoms with Gasteiger partial charge in [-0.1, -0.05) is 13.8 Å². The van der Waals surface area contributed by atoms with E-state index in [4.69, 9.17) is 5.11 Å². The highest BCUT2D eigenvalue weighted by molar-refractivity contribution is 5.94. The van der Waals surface area contributed by atoms with Crippen molar-refractivity contribution in [3.05, 3.63) is 29.8 Å². The van der Waals surface area contributed by atoms with E-state index < -0.39 is 5.95 Å². The van der Waals surface area contributed by atoms with Crippen LogP contribution in [0.4, 0.5) is 4.39 Å². The number of hydrogen-bond donors (Lipinski definition) is 2. The van der Waals surface area contributed by atoms with Crippen LogP contribution in [0, 0.1) is 11.9 Å². The molecular weight excluding hydrogens is 223 g/mol. The molecule has 0 fully saturated rings. The maximum Gasteiger partial charge on any atom is 0.251 e. The van der Waals surface area contributed by atoms with Crippen LogP contribution < -0.4 is 5.32 Å². The third kappa shape index (κ3) is 4.11. The Morgan fingerprint density at radius 2 is 2.29 bits per heavy atom. The summed E-state index contributed by atoms with van der Waals surface area (Å²) < 4.78 is 12.8. The maximum absolute atomic E-state index is 12.8. The monoisotopic (exact) mass is 240 g/mol. The summed E-state index contributed by atoms with van der Waals surface area (Å²) in [6.45, 7) is 3.91. The van der Waals surface area contributed by atoms with E-state index in [9.17, 15) is 9.18 Å². The molecule has 0 saturated heterocycles. The largest absolute Gasteiger partial charge is 0.396 e. The Balaban J connectivity index is 2.70. The Morgan fingerprint density at radius 1 is 1.59 bits per heavy atom. The molecule has 1 atom stereocenters. The van der Waals surface area contributed by atoms with E-state index in [1.54, 1.807) is 0 Å². The maximum atomic E-state index is 12.8. The molecule has 2 N–H and O–H groups in total. The fourth-order valence-electron chi connectivity index (χ4n) is 1.51. The molecule has 0 bridgehead atoms. The number of pyridine rings is 1. The predicted molar refractivity (Wildman–Crippen MR) is 62.0 cm³/mol. The van der Waals surface area contributed by atoms with Gasteiger partial charge in [-0.15, -0.1) is 0 Å². The van der Waals surface area contributed by atoms with Crippen LogP contribution in [-0.4, -0.2) is 28.6 Å². The minimum Gasteiger partial charge on any atom is -0.396 e. The van der Waals surface area contributed by atoms with Gasteiger partial charge < -0.3 is 10.4 Å². The first-order valence-electron chi connectivity index (χ1n) is 5.58. The lowest BCUT2D eigenvalue weighted by molar-refractivity contribution is 0.0916. The Morgan fingerprint density at radius 3 is 2.82 bits per heavy atom. The van der Waals surface area contributed by atoms with Crippen molar-refractivity contribution in [3.8, 4) is 0 Å². The van der Waals surface area contributed by atoms with Gasteiger partial charge in [-0.05, 0) is 18.4 Å². The second-order valence-electron chi connectivity index (χ2n) is 4.20. The standard InChI is InChI=1S/C12H17FN2O2/c1-8(2)10(4-6-16)15-12(17)9-3-5-14-11(13)7-9/h3,5,7-8,10,16H,4,6H2,1-2H3,(H,15,17). The second-order valence-corrected chi connectivity index (χ2v) is 4.20. The molecule has 1 rings (SSSR count). The number of carbonyl (C=O) groups excluding carboxylic acids is 1. The van der Waals surface area contributed by atoms with E-state index in [0.717, 1.165) is 6.07 Å². The number of amides is 1. The van der Waals surface area contributed by atoms with Gasteiger partial charge in [-0.2, -0.15) is 4.39 Å². The number of aromatic nitrogens is 1. The molecule has 5 heteroatoms. The Labute approximate surface area is 99.9 Å². The van der Waals surface area contributed by atoms with E-state index in [1.807, 2.05) is 13.8 Å². The molecule has 94 valence electrons. The molecule has 0 aliphatic rings. The van der Waals surface area contributed by atoms with Crippen molar-refractivity contribution in [2.24, 2.45) is 5.92 Å². The number of rotatable bonds is 5. The van der Waals surface area contributed by atoms with Crippen LogP contribution >= 0.6 is 0 Å². The molecular formula is C12H17FN2O2. The van der Waals surface area contributed by atoms with Gasteiger partial charge in [-0.25, -0.2) is 4.98 Å². The summed E-state index contributed by atoms with van der Waals surface area (Å²) in [6.07, 6.45) is 1.73. The van der Waals surface area contributed by atoms with Gasteiger partial charge in [0.1, 0.15) is 0 Å². The third-order valence-corrected chi connectivity index (χ3v) is 2.55. The molecule has 0 spiro atoms. The molecule has 1 unspecified atom stereocenters. The van der Waals surface area contributed by atoms with Crippen molar-refractivity contribution in [2.75, 3.05) is 6.61 Å². The molecule has 0 aliphatic heterocycles. The SMILES string of the molecule is CC(C)C(CCO)NC(=O)c1ccnc(F)c1. The lowest BCUT2D eigenvalue weighted by Crippen LogP contribution is -2.39. The van der Waals surface area contributed by atoms with Gasteiger partial charge in [-0.3, -0.25) is 4.79 Å². The Bertz CT molecular complexity index is 383. The fourth-order valence-corrected chi connectivity index (χ4v) is 1.51. The van der Waals surface area contributed by atoms with Gasteiger partial charge >= 0.3 is 0 Å². The molecule has 1 heterocycles. The average Bonchev–Trinajstić information content (AvgIpc) is 2.28. The zero-order valence-corrected chi connectivity index (χ0v) is 9.98. The lowest BCUT2D eigenvalue weighted by atomic mass is 10.0. The van der Waals surface area contributed by atoms with E-state index in [2.05, 4.69) is 10.3 Å². The third-order valence-electron chi connectivity index (χ3n) is 2.55. The predicted octanol–water partition coefficient (Wildman–Crippen LogP) is 1.36. The van der Waals surface area contributed by atoms with E-state index >= 15 is 0 Å². The molecule has 1 aromatic heterocycles. The molecule has 0 saturated carbocycles. The van der Waals surface area contributed by atoms with Crippen LogP contribution in [0.1, 0.15) is 30.6 Å². The highest BCUT2D eigenvalue weighted by Gasteiger charge is 2.16. The van der Waals surface area contributed by atoms with Crippen molar-refractivity contribution in [2.45, 2.75) is 26.3 Å². The zero-order chi connectivity index (χ0) is 12.8. The van der Waals surface area contributed by atoms with Crippen LogP contribution in [0.2, 0.25) is 0 Å². The van der Waals surface area contributed by atoms with Gasteiger partial charge in [0.2, 0.25) is 5.95 Å². The summed E-state index contributed by atoms with van der Waals surface area (Å²) in [7, 11) is 0. The van der Waals surface area contributed by atoms with E-state index in [-0.39, 0.29) is 30.0 Å². The van der Waals surface area contributed by atoms with Crippen molar-refractivity contribution in [1.29, 1.82) is 0 Å². The number of nitrogens with zero attached hydrogens (tertiary/aromatic N) is 1. The smallest absolute Gasteiger partial charge is 0.251 e.